The molecule has 0 unspecified atom stereocenters. The van der Waals surface area contributed by atoms with Crippen LogP contribution in [0.5, 0.6) is 5.75 Å². The van der Waals surface area contributed by atoms with E-state index in [1.807, 2.05) is 43.3 Å². The monoisotopic (exact) mass is 371 g/mol. The van der Waals surface area contributed by atoms with E-state index >= 15 is 0 Å². The molecule has 6 heteroatoms. The van der Waals surface area contributed by atoms with Gasteiger partial charge in [-0.25, -0.2) is 0 Å². The molecule has 0 radical (unpaired) electrons. The number of ether oxygens (including phenoxy) is 1. The highest BCUT2D eigenvalue weighted by molar-refractivity contribution is 7.80. The van der Waals surface area contributed by atoms with Crippen molar-refractivity contribution in [2.24, 2.45) is 0 Å². The highest BCUT2D eigenvalue weighted by atomic mass is 32.1. The summed E-state index contributed by atoms with van der Waals surface area (Å²) in [6.07, 6.45) is 3.45. The average molecular weight is 372 g/mol. The average Bonchev–Trinajstić information content (AvgIpc) is 2.65. The lowest BCUT2D eigenvalue weighted by Crippen LogP contribution is -2.45. The molecule has 0 aliphatic heterocycles. The van der Waals surface area contributed by atoms with Gasteiger partial charge in [0.25, 0.3) is 5.91 Å². The van der Waals surface area contributed by atoms with Crippen LogP contribution in [-0.4, -0.2) is 17.6 Å². The number of benzene rings is 2. The number of rotatable bonds is 7. The van der Waals surface area contributed by atoms with Gasteiger partial charge in [-0.3, -0.25) is 15.6 Å². The quantitative estimate of drug-likeness (QED) is 0.511. The number of aryl methyl sites for hydroxylation is 2. The summed E-state index contributed by atoms with van der Waals surface area (Å²) in [6.45, 7) is 4.02. The van der Waals surface area contributed by atoms with Gasteiger partial charge in [0.15, 0.2) is 11.7 Å². The van der Waals surface area contributed by atoms with Crippen LogP contribution in [0.2, 0.25) is 0 Å². The van der Waals surface area contributed by atoms with Gasteiger partial charge in [0, 0.05) is 5.69 Å². The molecule has 5 nitrogen and oxygen atoms in total. The molecule has 138 valence electrons. The van der Waals surface area contributed by atoms with Gasteiger partial charge in [-0.1, -0.05) is 43.7 Å². The van der Waals surface area contributed by atoms with Crippen molar-refractivity contribution in [3.8, 4) is 5.75 Å². The Morgan fingerprint density at radius 1 is 1.08 bits per heavy atom. The van der Waals surface area contributed by atoms with Gasteiger partial charge in [0.1, 0.15) is 5.75 Å². The normalized spacial score (nSPS) is 10.1. The number of nitrogens with one attached hydrogen (secondary N) is 3. The number of para-hydroxylation sites is 1. The molecule has 2 aromatic rings. The number of carbonyl (C=O) groups is 1. The number of unbranched alkanes of at least 4 members (excludes halogenated alkanes) is 1. The molecule has 1 amide bonds. The van der Waals surface area contributed by atoms with Gasteiger partial charge >= 0.3 is 0 Å². The second-order valence-corrected chi connectivity index (χ2v) is 6.39. The smallest absolute Gasteiger partial charge is 0.276 e. The fraction of sp³-hybridized carbons (Fsp3) is 0.300. The zero-order valence-corrected chi connectivity index (χ0v) is 16.0. The number of carbonyl (C=O) groups excluding carboxylic acids is 1. The molecule has 0 heterocycles. The Kier molecular flexibility index (Phi) is 7.89. The fourth-order valence-electron chi connectivity index (χ4n) is 2.32. The summed E-state index contributed by atoms with van der Waals surface area (Å²) in [7, 11) is 0. The molecule has 0 saturated heterocycles. The number of thiocarbonyl (C=S) groups is 1. The van der Waals surface area contributed by atoms with Crippen molar-refractivity contribution >= 4 is 28.9 Å². The molecule has 2 aromatic carbocycles. The SMILES string of the molecule is CCCCc1ccc(NC(=S)NNC(=O)COc2ccccc2C)cc1. The van der Waals surface area contributed by atoms with E-state index in [1.165, 1.54) is 18.4 Å². The summed E-state index contributed by atoms with van der Waals surface area (Å²) in [5, 5.41) is 3.34. The maximum Gasteiger partial charge on any atom is 0.276 e. The molecule has 0 aliphatic carbocycles. The van der Waals surface area contributed by atoms with E-state index < -0.39 is 0 Å². The van der Waals surface area contributed by atoms with E-state index in [2.05, 4.69) is 35.2 Å². The van der Waals surface area contributed by atoms with Gasteiger partial charge in [-0.2, -0.15) is 0 Å². The molecular weight excluding hydrogens is 346 g/mol. The third-order valence-electron chi connectivity index (χ3n) is 3.80. The van der Waals surface area contributed by atoms with E-state index in [4.69, 9.17) is 17.0 Å². The number of anilines is 1. The zero-order valence-electron chi connectivity index (χ0n) is 15.2. The minimum atomic E-state index is -0.313. The van der Waals surface area contributed by atoms with E-state index in [9.17, 15) is 4.79 Å². The highest BCUT2D eigenvalue weighted by Gasteiger charge is 2.05. The molecule has 0 fully saturated rings. The Balaban J connectivity index is 1.70. The van der Waals surface area contributed by atoms with Crippen LogP contribution in [0.3, 0.4) is 0 Å². The molecule has 0 spiro atoms. The molecule has 26 heavy (non-hydrogen) atoms. The summed E-state index contributed by atoms with van der Waals surface area (Å²) in [5.41, 5.74) is 8.34. The molecule has 0 bridgehead atoms. The van der Waals surface area contributed by atoms with Crippen molar-refractivity contribution in [1.29, 1.82) is 0 Å². The first-order valence-electron chi connectivity index (χ1n) is 8.71. The lowest BCUT2D eigenvalue weighted by atomic mass is 10.1. The number of hydrogen-bond acceptors (Lipinski definition) is 3. The first-order valence-corrected chi connectivity index (χ1v) is 9.12. The van der Waals surface area contributed by atoms with Crippen LogP contribution in [0, 0.1) is 6.92 Å². The van der Waals surface area contributed by atoms with Crippen LogP contribution in [0.25, 0.3) is 0 Å². The van der Waals surface area contributed by atoms with Crippen molar-refractivity contribution in [2.45, 2.75) is 33.1 Å². The van der Waals surface area contributed by atoms with Crippen LogP contribution in [0.1, 0.15) is 30.9 Å². The molecule has 3 N–H and O–H groups in total. The summed E-state index contributed by atoms with van der Waals surface area (Å²) in [5.74, 6) is 0.374. The van der Waals surface area contributed by atoms with Crippen LogP contribution < -0.4 is 20.9 Å². The first-order chi connectivity index (χ1) is 12.6. The third-order valence-corrected chi connectivity index (χ3v) is 4.00. The second kappa shape index (κ2) is 10.4. The largest absolute Gasteiger partial charge is 0.483 e. The Morgan fingerprint density at radius 2 is 1.81 bits per heavy atom. The van der Waals surface area contributed by atoms with Gasteiger partial charge < -0.3 is 10.1 Å². The van der Waals surface area contributed by atoms with Crippen molar-refractivity contribution in [1.82, 2.24) is 10.9 Å². The maximum atomic E-state index is 11.8. The first kappa shape index (κ1) is 19.7. The van der Waals surface area contributed by atoms with E-state index in [-0.39, 0.29) is 12.5 Å². The zero-order chi connectivity index (χ0) is 18.8. The van der Waals surface area contributed by atoms with Crippen molar-refractivity contribution in [3.05, 3.63) is 59.7 Å². The van der Waals surface area contributed by atoms with Gasteiger partial charge in [-0.15, -0.1) is 0 Å². The van der Waals surface area contributed by atoms with Crippen molar-refractivity contribution in [3.63, 3.8) is 0 Å². The van der Waals surface area contributed by atoms with Crippen LogP contribution >= 0.6 is 12.2 Å². The molecule has 0 atom stereocenters. The minimum absolute atomic E-state index is 0.0907. The lowest BCUT2D eigenvalue weighted by Gasteiger charge is -2.13. The van der Waals surface area contributed by atoms with Gasteiger partial charge in [0.05, 0.1) is 0 Å². The van der Waals surface area contributed by atoms with Crippen LogP contribution in [-0.2, 0) is 11.2 Å². The second-order valence-electron chi connectivity index (χ2n) is 5.98. The number of amides is 1. The van der Waals surface area contributed by atoms with E-state index in [1.54, 1.807) is 0 Å². The number of hydrogen-bond donors (Lipinski definition) is 3. The summed E-state index contributed by atoms with van der Waals surface area (Å²) < 4.78 is 5.48. The Bertz CT molecular complexity index is 732. The molecule has 2 rings (SSSR count). The fourth-order valence-corrected chi connectivity index (χ4v) is 2.49. The predicted molar refractivity (Wildman–Crippen MR) is 109 cm³/mol. The summed E-state index contributed by atoms with van der Waals surface area (Å²) >= 11 is 5.18. The topological polar surface area (TPSA) is 62.4 Å². The molecule has 0 saturated carbocycles. The Labute approximate surface area is 160 Å². The van der Waals surface area contributed by atoms with E-state index in [0.717, 1.165) is 17.7 Å². The van der Waals surface area contributed by atoms with Crippen LogP contribution in [0.15, 0.2) is 48.5 Å². The van der Waals surface area contributed by atoms with E-state index in [0.29, 0.717) is 10.9 Å². The number of hydrazine groups is 1. The van der Waals surface area contributed by atoms with Crippen molar-refractivity contribution in [2.75, 3.05) is 11.9 Å². The summed E-state index contributed by atoms with van der Waals surface area (Å²) in [4.78, 5) is 11.8. The molecule has 0 aliphatic rings. The highest BCUT2D eigenvalue weighted by Crippen LogP contribution is 2.15. The molecular formula is C20H25N3O2S. The standard InChI is InChI=1S/C20H25N3O2S/c1-3-4-8-16-10-12-17(13-11-16)21-20(26)23-22-19(24)14-25-18-9-6-5-7-15(18)2/h5-7,9-13H,3-4,8,14H2,1-2H3,(H,22,24)(H2,21,23,26). The molecule has 0 aromatic heterocycles. The Hall–Kier alpha value is -2.60. The minimum Gasteiger partial charge on any atom is -0.483 e. The maximum absolute atomic E-state index is 11.8. The summed E-state index contributed by atoms with van der Waals surface area (Å²) in [6, 6.07) is 15.6. The predicted octanol–water partition coefficient (Wildman–Crippen LogP) is 3.73. The van der Waals surface area contributed by atoms with Crippen molar-refractivity contribution < 1.29 is 9.53 Å². The third kappa shape index (κ3) is 6.72. The van der Waals surface area contributed by atoms with Gasteiger partial charge in [-0.05, 0) is 61.3 Å². The van der Waals surface area contributed by atoms with Crippen LogP contribution in [0.4, 0.5) is 5.69 Å². The van der Waals surface area contributed by atoms with Gasteiger partial charge in [0.2, 0.25) is 0 Å². The Morgan fingerprint density at radius 3 is 2.50 bits per heavy atom. The lowest BCUT2D eigenvalue weighted by molar-refractivity contribution is -0.123.